The Balaban J connectivity index is 1.82. The lowest BCUT2D eigenvalue weighted by Crippen LogP contribution is -2.28. The molecular formula is C19H23N3O2S. The van der Waals surface area contributed by atoms with Gasteiger partial charge in [-0.3, -0.25) is 14.1 Å². The largest absolute Gasteiger partial charge is 0.383 e. The van der Waals surface area contributed by atoms with E-state index in [1.165, 1.54) is 22.5 Å². The van der Waals surface area contributed by atoms with Gasteiger partial charge in [0, 0.05) is 43.9 Å². The Morgan fingerprint density at radius 2 is 1.96 bits per heavy atom. The summed E-state index contributed by atoms with van der Waals surface area (Å²) in [6.45, 7) is 6.87. The van der Waals surface area contributed by atoms with Crippen molar-refractivity contribution in [2.75, 3.05) is 20.3 Å². The van der Waals surface area contributed by atoms with Crippen molar-refractivity contribution in [3.8, 4) is 0 Å². The van der Waals surface area contributed by atoms with Crippen LogP contribution in [-0.2, 0) is 17.8 Å². The van der Waals surface area contributed by atoms with Crippen LogP contribution >= 0.6 is 11.3 Å². The number of hydrogen-bond donors (Lipinski definition) is 0. The zero-order chi connectivity index (χ0) is 17.8. The molecule has 2 heterocycles. The molecule has 25 heavy (non-hydrogen) atoms. The van der Waals surface area contributed by atoms with Crippen molar-refractivity contribution in [2.45, 2.75) is 26.9 Å². The Morgan fingerprint density at radius 1 is 1.20 bits per heavy atom. The summed E-state index contributed by atoms with van der Waals surface area (Å²) in [5, 5.41) is 1.96. The molecule has 0 saturated heterocycles. The van der Waals surface area contributed by atoms with Crippen molar-refractivity contribution in [3.05, 3.63) is 68.6 Å². The molecule has 0 atom stereocenters. The van der Waals surface area contributed by atoms with Gasteiger partial charge in [-0.2, -0.15) is 0 Å². The number of ether oxygens (including phenoxy) is 1. The fourth-order valence-electron chi connectivity index (χ4n) is 2.80. The predicted octanol–water partition coefficient (Wildman–Crippen LogP) is 3.02. The Labute approximate surface area is 151 Å². The van der Waals surface area contributed by atoms with Crippen molar-refractivity contribution in [2.24, 2.45) is 0 Å². The molecule has 0 bridgehead atoms. The smallest absolute Gasteiger partial charge is 0.259 e. The molecule has 0 unspecified atom stereocenters. The molecule has 6 heteroatoms. The van der Waals surface area contributed by atoms with Crippen LogP contribution in [0.15, 0.2) is 40.5 Å². The minimum Gasteiger partial charge on any atom is -0.383 e. The first-order valence-corrected chi connectivity index (χ1v) is 9.18. The first kappa shape index (κ1) is 17.8. The van der Waals surface area contributed by atoms with Gasteiger partial charge in [0.15, 0.2) is 4.96 Å². The van der Waals surface area contributed by atoms with E-state index in [0.29, 0.717) is 13.2 Å². The van der Waals surface area contributed by atoms with Crippen LogP contribution < -0.4 is 5.56 Å². The minimum atomic E-state index is -0.0132. The number of hydrogen-bond acceptors (Lipinski definition) is 5. The van der Waals surface area contributed by atoms with Gasteiger partial charge >= 0.3 is 0 Å². The van der Waals surface area contributed by atoms with Crippen molar-refractivity contribution in [1.29, 1.82) is 0 Å². The van der Waals surface area contributed by atoms with Crippen molar-refractivity contribution < 1.29 is 4.74 Å². The molecule has 0 radical (unpaired) electrons. The van der Waals surface area contributed by atoms with Gasteiger partial charge in [-0.1, -0.05) is 29.8 Å². The summed E-state index contributed by atoms with van der Waals surface area (Å²) in [7, 11) is 1.70. The fraction of sp³-hybridized carbons (Fsp3) is 0.368. The zero-order valence-electron chi connectivity index (χ0n) is 14.9. The fourth-order valence-corrected chi connectivity index (χ4v) is 3.69. The Morgan fingerprint density at radius 3 is 2.68 bits per heavy atom. The Bertz CT molecular complexity index is 899. The highest BCUT2D eigenvalue weighted by Crippen LogP contribution is 2.14. The molecule has 0 aliphatic carbocycles. The quantitative estimate of drug-likeness (QED) is 0.652. The van der Waals surface area contributed by atoms with Gasteiger partial charge < -0.3 is 4.74 Å². The average Bonchev–Trinajstić information content (AvgIpc) is 2.96. The third-order valence-corrected chi connectivity index (χ3v) is 5.10. The molecule has 0 N–H and O–H groups in total. The summed E-state index contributed by atoms with van der Waals surface area (Å²) in [5.74, 6) is 0. The molecule has 0 fully saturated rings. The molecule has 1 aromatic carbocycles. The minimum absolute atomic E-state index is 0.0132. The maximum absolute atomic E-state index is 12.4. The Kier molecular flexibility index (Phi) is 5.63. The van der Waals surface area contributed by atoms with E-state index >= 15 is 0 Å². The monoisotopic (exact) mass is 357 g/mol. The van der Waals surface area contributed by atoms with Crippen LogP contribution in [0.3, 0.4) is 0 Å². The molecule has 0 amide bonds. The second-order valence-electron chi connectivity index (χ2n) is 6.27. The summed E-state index contributed by atoms with van der Waals surface area (Å²) in [6, 6.07) is 10.2. The summed E-state index contributed by atoms with van der Waals surface area (Å²) < 4.78 is 6.90. The van der Waals surface area contributed by atoms with E-state index in [1.807, 2.05) is 12.3 Å². The molecule has 0 aliphatic rings. The number of rotatable bonds is 7. The lowest BCUT2D eigenvalue weighted by Gasteiger charge is -2.21. The van der Waals surface area contributed by atoms with Crippen LogP contribution in [0.4, 0.5) is 0 Å². The molecule has 0 spiro atoms. The van der Waals surface area contributed by atoms with Crippen molar-refractivity contribution in [1.82, 2.24) is 14.3 Å². The Hall–Kier alpha value is -2.02. The van der Waals surface area contributed by atoms with Crippen LogP contribution in [0.1, 0.15) is 22.5 Å². The number of fused-ring (bicyclic) bond motifs is 1. The first-order valence-electron chi connectivity index (χ1n) is 8.30. The van der Waals surface area contributed by atoms with Crippen molar-refractivity contribution in [3.63, 3.8) is 0 Å². The molecule has 3 rings (SSSR count). The number of nitrogens with zero attached hydrogens (tertiary/aromatic N) is 3. The van der Waals surface area contributed by atoms with Crippen LogP contribution in [0.2, 0.25) is 0 Å². The summed E-state index contributed by atoms with van der Waals surface area (Å²) in [6.07, 6.45) is 0. The molecule has 132 valence electrons. The number of aromatic nitrogens is 2. The number of methoxy groups -OCH3 is 1. The molecule has 0 saturated carbocycles. The highest BCUT2D eigenvalue weighted by molar-refractivity contribution is 7.15. The number of aryl methyl sites for hydroxylation is 2. The third kappa shape index (κ3) is 4.34. The van der Waals surface area contributed by atoms with E-state index in [9.17, 15) is 4.79 Å². The van der Waals surface area contributed by atoms with Gasteiger partial charge in [0.25, 0.3) is 5.56 Å². The van der Waals surface area contributed by atoms with E-state index in [1.54, 1.807) is 17.6 Å². The zero-order valence-corrected chi connectivity index (χ0v) is 15.7. The second kappa shape index (κ2) is 7.91. The highest BCUT2D eigenvalue weighted by atomic mass is 32.1. The van der Waals surface area contributed by atoms with Crippen LogP contribution in [-0.4, -0.2) is 34.5 Å². The molecular weight excluding hydrogens is 334 g/mol. The SMILES string of the molecule is COCCN(Cc1ccc(C)cc1)Cc1cc(=O)n2c(C)csc2n1. The first-order chi connectivity index (χ1) is 12.1. The normalized spacial score (nSPS) is 11.5. The maximum Gasteiger partial charge on any atom is 0.259 e. The molecule has 0 aliphatic heterocycles. The maximum atomic E-state index is 12.4. The summed E-state index contributed by atoms with van der Waals surface area (Å²) in [4.78, 5) is 20.0. The van der Waals surface area contributed by atoms with Gasteiger partial charge in [0.2, 0.25) is 0 Å². The molecule has 5 nitrogen and oxygen atoms in total. The van der Waals surface area contributed by atoms with Gasteiger partial charge in [0.05, 0.1) is 12.3 Å². The lowest BCUT2D eigenvalue weighted by atomic mass is 10.1. The lowest BCUT2D eigenvalue weighted by molar-refractivity contribution is 0.139. The van der Waals surface area contributed by atoms with E-state index < -0.39 is 0 Å². The molecule has 2 aromatic heterocycles. The third-order valence-electron chi connectivity index (χ3n) is 4.15. The van der Waals surface area contributed by atoms with E-state index in [0.717, 1.165) is 29.4 Å². The van der Waals surface area contributed by atoms with Gasteiger partial charge in [0.1, 0.15) is 0 Å². The highest BCUT2D eigenvalue weighted by Gasteiger charge is 2.11. The van der Waals surface area contributed by atoms with Crippen LogP contribution in [0, 0.1) is 13.8 Å². The molecule has 3 aromatic rings. The van der Waals surface area contributed by atoms with E-state index in [-0.39, 0.29) is 5.56 Å². The van der Waals surface area contributed by atoms with Gasteiger partial charge in [-0.25, -0.2) is 4.98 Å². The number of thiazole rings is 1. The average molecular weight is 357 g/mol. The van der Waals surface area contributed by atoms with Crippen molar-refractivity contribution >= 4 is 16.3 Å². The second-order valence-corrected chi connectivity index (χ2v) is 7.11. The summed E-state index contributed by atoms with van der Waals surface area (Å²) >= 11 is 1.50. The topological polar surface area (TPSA) is 46.8 Å². The predicted molar refractivity (Wildman–Crippen MR) is 101 cm³/mol. The standard InChI is InChI=1S/C19H23N3O2S/c1-14-4-6-16(7-5-14)11-21(8-9-24-3)12-17-10-18(23)22-15(2)13-25-19(22)20-17/h4-7,10,13H,8-9,11-12H2,1-3H3. The van der Waals surface area contributed by atoms with Crippen LogP contribution in [0.25, 0.3) is 4.96 Å². The van der Waals surface area contributed by atoms with Gasteiger partial charge in [-0.15, -0.1) is 11.3 Å². The summed E-state index contributed by atoms with van der Waals surface area (Å²) in [5.41, 5.74) is 4.21. The van der Waals surface area contributed by atoms with E-state index in [2.05, 4.69) is 41.1 Å². The number of benzene rings is 1. The van der Waals surface area contributed by atoms with Crippen LogP contribution in [0.5, 0.6) is 0 Å². The van der Waals surface area contributed by atoms with Gasteiger partial charge in [-0.05, 0) is 19.4 Å². The van der Waals surface area contributed by atoms with E-state index in [4.69, 9.17) is 4.74 Å².